The maximum atomic E-state index is 13.4. The van der Waals surface area contributed by atoms with Gasteiger partial charge in [0.2, 0.25) is 0 Å². The number of benzene rings is 4. The van der Waals surface area contributed by atoms with Crippen LogP contribution in [0.2, 0.25) is 0 Å². The molecule has 0 aliphatic heterocycles. The molecular formula is C84H142N8O15. The molecule has 18 N–H and O–H groups in total. The number of unbranched alkanes of at least 4 members (excludes halogenated alkanes) is 32. The average molecular weight is 1500 g/mol. The van der Waals surface area contributed by atoms with Crippen molar-refractivity contribution in [2.75, 3.05) is 54.9 Å². The lowest BCUT2D eigenvalue weighted by Crippen LogP contribution is -2.34. The highest BCUT2D eigenvalue weighted by Gasteiger charge is 2.36. The summed E-state index contributed by atoms with van der Waals surface area (Å²) < 4.78 is 53.4. The molecule has 8 bridgehead atoms. The first-order valence-electron chi connectivity index (χ1n) is 40.2. The highest BCUT2D eigenvalue weighted by atomic mass is 16.5. The van der Waals surface area contributed by atoms with Crippen LogP contribution in [-0.2, 0) is 19.2 Å². The first-order chi connectivity index (χ1) is 50.8. The summed E-state index contributed by atoms with van der Waals surface area (Å²) in [6.07, 6.45) is 42.5. The van der Waals surface area contributed by atoms with Crippen molar-refractivity contribution in [3.8, 4) is 46.0 Å². The van der Waals surface area contributed by atoms with E-state index in [0.717, 1.165) is 147 Å². The zero-order valence-corrected chi connectivity index (χ0v) is 66.7. The Kier molecular flexibility index (Phi) is 51.1. The average Bonchev–Trinajstić information content (AvgIpc) is 0.750. The van der Waals surface area contributed by atoms with Crippen LogP contribution in [0, 0.1) is 0 Å². The third-order valence-corrected chi connectivity index (χ3v) is 20.9. The van der Waals surface area contributed by atoms with Gasteiger partial charge in [0.1, 0.15) is 46.0 Å². The molecule has 4 aromatic carbocycles. The van der Waals surface area contributed by atoms with Gasteiger partial charge >= 0.3 is 0 Å². The fourth-order valence-corrected chi connectivity index (χ4v) is 15.1. The summed E-state index contributed by atoms with van der Waals surface area (Å²) in [5.74, 6) is 23.0. The molecule has 0 fully saturated rings. The Morgan fingerprint density at radius 2 is 0.402 bits per heavy atom. The smallest absolute Gasteiger partial charge is 0.271 e. The zero-order valence-electron chi connectivity index (χ0n) is 66.7. The lowest BCUT2D eigenvalue weighted by atomic mass is 9.76. The molecule has 0 spiro atoms. The number of rotatable bonds is 56. The summed E-state index contributed by atoms with van der Waals surface area (Å²) in [7, 11) is 6.61. The van der Waals surface area contributed by atoms with Crippen LogP contribution in [0.15, 0.2) is 48.5 Å². The summed E-state index contributed by atoms with van der Waals surface area (Å²) in [4.78, 5) is 53.7. The van der Waals surface area contributed by atoms with Gasteiger partial charge in [-0.2, -0.15) is 0 Å². The van der Waals surface area contributed by atoms with E-state index in [1.54, 1.807) is 28.4 Å². The summed E-state index contributed by atoms with van der Waals surface area (Å²) in [5, 5.41) is 0. The molecule has 0 saturated heterocycles. The fourth-order valence-electron chi connectivity index (χ4n) is 15.1. The number of fused-ring (bicyclic) bond motifs is 8. The minimum atomic E-state index is -0.521. The molecule has 4 aromatic rings. The number of hydrogen-bond acceptors (Lipinski definition) is 16. The fraction of sp³-hybridized carbons (Fsp3) is 0.667. The molecule has 608 valence electrons. The normalized spacial score (nSPS) is 14.2. The van der Waals surface area contributed by atoms with Crippen molar-refractivity contribution in [2.24, 2.45) is 23.4 Å². The Bertz CT molecular complexity index is 2710. The standard InChI is InChI=1S/C84H136N8O12.3H2O/c1-9-13-17-21-25-29-33-37-41-45-61-65-49-70(78(53-73(65)97-5)102-58-82(94)90-86)63(47-43-39-35-31-27-23-19-15-11-3)67-51-72(80(55-75(67)99-7)104-60-84(96)92-88)64(48-44-40-36-32-28-24-20-16-12-4)68-52-71(79(56-76(68)100-8)103-59-83(95)91-87)62(46-42-38-34-30-26-22-18-14-10-2)66-50-69(61)77(54-74(66)98-6)101-57-81(93)89-85;;;/h49-56,61-64H,9-48,57-60,85-88H2,1-8H3,(H,89,93)(H,90,94)(H,91,95)(H,92,96);3*1H2/t61-,62-,63-,64-;;;/m1.../s1. The Hall–Kier alpha value is -7.12. The maximum Gasteiger partial charge on any atom is 0.271 e. The molecular weight excluding hydrogens is 1360 g/mol. The molecule has 107 heavy (non-hydrogen) atoms. The van der Waals surface area contributed by atoms with Crippen LogP contribution in [0.5, 0.6) is 46.0 Å². The van der Waals surface area contributed by atoms with E-state index in [1.165, 1.54) is 128 Å². The van der Waals surface area contributed by atoms with Crippen LogP contribution in [0.3, 0.4) is 0 Å². The number of carbonyl (C=O) groups is 4. The number of ether oxygens (including phenoxy) is 8. The Morgan fingerprint density at radius 1 is 0.252 bits per heavy atom. The van der Waals surface area contributed by atoms with Crippen molar-refractivity contribution < 1.29 is 73.5 Å². The number of hydrogen-bond donors (Lipinski definition) is 8. The number of methoxy groups -OCH3 is 4. The van der Waals surface area contributed by atoms with Gasteiger partial charge in [-0.25, -0.2) is 23.4 Å². The van der Waals surface area contributed by atoms with Crippen LogP contribution in [0.4, 0.5) is 0 Å². The minimum absolute atomic E-state index is 0. The molecule has 0 unspecified atom stereocenters. The molecule has 23 heteroatoms. The summed E-state index contributed by atoms with van der Waals surface area (Å²) in [5.41, 5.74) is 15.6. The minimum Gasteiger partial charge on any atom is -0.496 e. The predicted molar refractivity (Wildman–Crippen MR) is 429 cm³/mol. The maximum absolute atomic E-state index is 13.4. The SMILES string of the molecule is CCCCCCCCCCC[C@@H]1c2cc(c(OCC(=O)NN)cc2OC)[C@H](CCCCCCCCCCC)c2cc(c(OCC(=O)NN)cc2OC)[C@H](CCCCCCCCCCC)c2cc(c(OCC(=O)NN)cc2OC)[C@H](CCCCCCCCCCC)c2cc1c(OCC(=O)NN)cc2OC.O.O.O. The van der Waals surface area contributed by atoms with Gasteiger partial charge in [-0.1, -0.05) is 259 Å². The second-order valence-corrected chi connectivity index (χ2v) is 28.6. The molecule has 1 aliphatic carbocycles. The Morgan fingerprint density at radius 3 is 0.551 bits per heavy atom. The molecule has 0 saturated carbocycles. The lowest BCUT2D eigenvalue weighted by molar-refractivity contribution is -0.123. The van der Waals surface area contributed by atoms with Crippen molar-refractivity contribution >= 4 is 23.6 Å². The van der Waals surface area contributed by atoms with Gasteiger partial charge in [0.25, 0.3) is 23.6 Å². The highest BCUT2D eigenvalue weighted by molar-refractivity contribution is 5.78. The summed E-state index contributed by atoms with van der Waals surface area (Å²) in [6.45, 7) is 7.42. The highest BCUT2D eigenvalue weighted by Crippen LogP contribution is 2.54. The molecule has 23 nitrogen and oxygen atoms in total. The number of nitrogens with two attached hydrogens (primary N) is 4. The van der Waals surface area contributed by atoms with Crippen molar-refractivity contribution in [1.82, 2.24) is 21.7 Å². The van der Waals surface area contributed by atoms with Crippen LogP contribution in [0.25, 0.3) is 0 Å². The van der Waals surface area contributed by atoms with Crippen molar-refractivity contribution in [1.29, 1.82) is 0 Å². The first-order valence-corrected chi connectivity index (χ1v) is 40.2. The first kappa shape index (κ1) is 96.0. The Balaban J connectivity index is 0.0000130. The number of hydrazine groups is 4. The van der Waals surface area contributed by atoms with E-state index in [4.69, 9.17) is 61.3 Å². The number of carbonyl (C=O) groups excluding carboxylic acids is 4. The van der Waals surface area contributed by atoms with E-state index in [-0.39, 0.29) is 42.9 Å². The topological polar surface area (TPSA) is 389 Å². The third-order valence-electron chi connectivity index (χ3n) is 20.9. The molecule has 4 atom stereocenters. The van der Waals surface area contributed by atoms with Crippen molar-refractivity contribution in [3.05, 3.63) is 93.0 Å². The van der Waals surface area contributed by atoms with Crippen LogP contribution in [0.1, 0.15) is 353 Å². The van der Waals surface area contributed by atoms with Crippen molar-refractivity contribution in [3.63, 3.8) is 0 Å². The van der Waals surface area contributed by atoms with E-state index in [2.05, 4.69) is 73.7 Å². The largest absolute Gasteiger partial charge is 0.496 e. The van der Waals surface area contributed by atoms with E-state index >= 15 is 0 Å². The van der Waals surface area contributed by atoms with Gasteiger partial charge in [0, 0.05) is 92.4 Å². The summed E-state index contributed by atoms with van der Waals surface area (Å²) >= 11 is 0. The molecule has 5 rings (SSSR count). The quantitative estimate of drug-likeness (QED) is 0.00881. The van der Waals surface area contributed by atoms with Crippen LogP contribution >= 0.6 is 0 Å². The van der Waals surface area contributed by atoms with E-state index in [9.17, 15) is 19.2 Å². The molecule has 4 amide bonds. The van der Waals surface area contributed by atoms with Crippen molar-refractivity contribution in [2.45, 2.75) is 308 Å². The van der Waals surface area contributed by atoms with Gasteiger partial charge in [-0.15, -0.1) is 0 Å². The molecule has 0 radical (unpaired) electrons. The van der Waals surface area contributed by atoms with E-state index in [0.29, 0.717) is 71.7 Å². The van der Waals surface area contributed by atoms with Gasteiger partial charge in [0.15, 0.2) is 26.4 Å². The van der Waals surface area contributed by atoms with Crippen LogP contribution < -0.4 is 83.0 Å². The number of nitrogens with one attached hydrogen (secondary N) is 4. The number of amides is 4. The van der Waals surface area contributed by atoms with Gasteiger partial charge in [0.05, 0.1) is 28.4 Å². The molecule has 0 aromatic heterocycles. The summed E-state index contributed by atoms with van der Waals surface area (Å²) in [6, 6.07) is 16.4. The predicted octanol–water partition coefficient (Wildman–Crippen LogP) is 15.2. The third kappa shape index (κ3) is 32.5. The van der Waals surface area contributed by atoms with E-state index < -0.39 is 47.3 Å². The van der Waals surface area contributed by atoms with Crippen LogP contribution in [-0.4, -0.2) is 94.9 Å². The Labute approximate surface area is 641 Å². The zero-order chi connectivity index (χ0) is 75.1. The molecule has 1 aliphatic rings. The molecule has 0 heterocycles. The second kappa shape index (κ2) is 57.0. The lowest BCUT2D eigenvalue weighted by Gasteiger charge is -2.32. The van der Waals surface area contributed by atoms with Gasteiger partial charge in [-0.3, -0.25) is 40.9 Å². The van der Waals surface area contributed by atoms with Gasteiger partial charge < -0.3 is 54.3 Å². The van der Waals surface area contributed by atoms with Gasteiger partial charge in [-0.05, 0) is 49.9 Å². The van der Waals surface area contributed by atoms with E-state index in [1.807, 2.05) is 24.3 Å². The monoisotopic (exact) mass is 1500 g/mol. The second-order valence-electron chi connectivity index (χ2n) is 28.6.